The second kappa shape index (κ2) is 7.52. The summed E-state index contributed by atoms with van der Waals surface area (Å²) in [5, 5.41) is 7.05. The molecule has 0 N–H and O–H groups in total. The molecule has 1 aliphatic rings. The first-order chi connectivity index (χ1) is 13.9. The van der Waals surface area contributed by atoms with Crippen LogP contribution in [0.15, 0.2) is 84.2 Å². The van der Waals surface area contributed by atoms with Gasteiger partial charge in [-0.3, -0.25) is 0 Å². The SMILES string of the molecule is c1ccc(N2CCN(c3cc(-c4cccs4)nn3-c3ccccc3)CC2)cc1. The predicted octanol–water partition coefficient (Wildman–Crippen LogP) is 4.93. The van der Waals surface area contributed by atoms with Gasteiger partial charge in [-0.15, -0.1) is 11.3 Å². The number of thiophene rings is 1. The average molecular weight is 387 g/mol. The predicted molar refractivity (Wildman–Crippen MR) is 118 cm³/mol. The smallest absolute Gasteiger partial charge is 0.133 e. The van der Waals surface area contributed by atoms with E-state index >= 15 is 0 Å². The van der Waals surface area contributed by atoms with Crippen molar-refractivity contribution >= 4 is 22.8 Å². The number of benzene rings is 2. The molecule has 0 aliphatic carbocycles. The number of hydrogen-bond donors (Lipinski definition) is 0. The highest BCUT2D eigenvalue weighted by atomic mass is 32.1. The normalized spacial score (nSPS) is 14.4. The van der Waals surface area contributed by atoms with Crippen LogP contribution in [0.2, 0.25) is 0 Å². The van der Waals surface area contributed by atoms with Crippen LogP contribution in [0.5, 0.6) is 0 Å². The number of hydrogen-bond acceptors (Lipinski definition) is 4. The van der Waals surface area contributed by atoms with Gasteiger partial charge in [0.2, 0.25) is 0 Å². The van der Waals surface area contributed by atoms with Gasteiger partial charge in [-0.25, -0.2) is 4.68 Å². The Kier molecular flexibility index (Phi) is 4.59. The monoisotopic (exact) mass is 386 g/mol. The molecule has 0 bridgehead atoms. The molecule has 140 valence electrons. The number of anilines is 2. The van der Waals surface area contributed by atoms with Crippen molar-refractivity contribution in [1.29, 1.82) is 0 Å². The Labute approximate surface area is 169 Å². The van der Waals surface area contributed by atoms with Crippen LogP contribution >= 0.6 is 11.3 Å². The minimum absolute atomic E-state index is 0.983. The van der Waals surface area contributed by atoms with Crippen LogP contribution in [-0.4, -0.2) is 36.0 Å². The lowest BCUT2D eigenvalue weighted by Gasteiger charge is -2.37. The van der Waals surface area contributed by atoms with Crippen molar-refractivity contribution in [3.63, 3.8) is 0 Å². The number of rotatable bonds is 4. The maximum Gasteiger partial charge on any atom is 0.133 e. The van der Waals surface area contributed by atoms with Gasteiger partial charge in [-0.2, -0.15) is 5.10 Å². The molecule has 4 aromatic rings. The Morgan fingerprint density at radius 2 is 1.32 bits per heavy atom. The van der Waals surface area contributed by atoms with Crippen LogP contribution in [0.4, 0.5) is 11.5 Å². The van der Waals surface area contributed by atoms with E-state index in [1.54, 1.807) is 11.3 Å². The van der Waals surface area contributed by atoms with E-state index in [1.165, 1.54) is 16.4 Å². The van der Waals surface area contributed by atoms with Crippen molar-refractivity contribution < 1.29 is 0 Å². The molecule has 4 nitrogen and oxygen atoms in total. The highest BCUT2D eigenvalue weighted by Crippen LogP contribution is 2.30. The third kappa shape index (κ3) is 3.29. The van der Waals surface area contributed by atoms with Gasteiger partial charge in [0.1, 0.15) is 11.5 Å². The summed E-state index contributed by atoms with van der Waals surface area (Å²) in [5.41, 5.74) is 3.45. The Morgan fingerprint density at radius 1 is 0.679 bits per heavy atom. The van der Waals surface area contributed by atoms with Gasteiger partial charge in [0.25, 0.3) is 0 Å². The van der Waals surface area contributed by atoms with Gasteiger partial charge in [0.05, 0.1) is 10.6 Å². The summed E-state index contributed by atoms with van der Waals surface area (Å²) in [6.07, 6.45) is 0. The molecular weight excluding hydrogens is 364 g/mol. The maximum atomic E-state index is 4.95. The third-order valence-electron chi connectivity index (χ3n) is 5.19. The summed E-state index contributed by atoms with van der Waals surface area (Å²) in [5.74, 6) is 1.17. The van der Waals surface area contributed by atoms with E-state index in [1.807, 2.05) is 6.07 Å². The highest BCUT2D eigenvalue weighted by Gasteiger charge is 2.22. The molecule has 1 saturated heterocycles. The molecule has 2 aromatic heterocycles. The molecular formula is C23H22N4S. The number of para-hydroxylation sites is 2. The highest BCUT2D eigenvalue weighted by molar-refractivity contribution is 7.13. The Balaban J connectivity index is 1.44. The fourth-order valence-electron chi connectivity index (χ4n) is 3.73. The fourth-order valence-corrected chi connectivity index (χ4v) is 4.41. The lowest BCUT2D eigenvalue weighted by atomic mass is 10.2. The van der Waals surface area contributed by atoms with Crippen LogP contribution in [0.3, 0.4) is 0 Å². The second-order valence-corrected chi connectivity index (χ2v) is 7.87. The van der Waals surface area contributed by atoms with Crippen molar-refractivity contribution in [3.05, 3.63) is 84.2 Å². The quantitative estimate of drug-likeness (QED) is 0.497. The first-order valence-electron chi connectivity index (χ1n) is 9.63. The molecule has 1 aliphatic heterocycles. The molecule has 0 atom stereocenters. The van der Waals surface area contributed by atoms with Gasteiger partial charge < -0.3 is 9.80 Å². The molecule has 5 rings (SSSR count). The molecule has 0 amide bonds. The van der Waals surface area contributed by atoms with Crippen LogP contribution in [0.25, 0.3) is 16.3 Å². The summed E-state index contributed by atoms with van der Waals surface area (Å²) in [6.45, 7) is 3.99. The number of aromatic nitrogens is 2. The number of nitrogens with zero attached hydrogens (tertiary/aromatic N) is 4. The zero-order valence-corrected chi connectivity index (χ0v) is 16.4. The van der Waals surface area contributed by atoms with Crippen LogP contribution < -0.4 is 9.80 Å². The summed E-state index contributed by atoms with van der Waals surface area (Å²) >= 11 is 1.73. The van der Waals surface area contributed by atoms with E-state index in [-0.39, 0.29) is 0 Å². The topological polar surface area (TPSA) is 24.3 Å². The van der Waals surface area contributed by atoms with Crippen molar-refractivity contribution in [1.82, 2.24) is 9.78 Å². The minimum Gasteiger partial charge on any atom is -0.368 e. The Morgan fingerprint density at radius 3 is 1.96 bits per heavy atom. The molecule has 0 saturated carbocycles. The summed E-state index contributed by atoms with van der Waals surface area (Å²) < 4.78 is 2.09. The zero-order chi connectivity index (χ0) is 18.8. The molecule has 2 aromatic carbocycles. The molecule has 0 radical (unpaired) electrons. The maximum absolute atomic E-state index is 4.95. The van der Waals surface area contributed by atoms with Crippen molar-refractivity contribution in [3.8, 4) is 16.3 Å². The number of piperazine rings is 1. The van der Waals surface area contributed by atoms with Crippen molar-refractivity contribution in [2.75, 3.05) is 36.0 Å². The largest absolute Gasteiger partial charge is 0.368 e. The van der Waals surface area contributed by atoms with E-state index in [0.29, 0.717) is 0 Å². The third-order valence-corrected chi connectivity index (χ3v) is 6.08. The average Bonchev–Trinajstić information content (AvgIpc) is 3.45. The zero-order valence-electron chi connectivity index (χ0n) is 15.6. The second-order valence-electron chi connectivity index (χ2n) is 6.92. The van der Waals surface area contributed by atoms with Crippen LogP contribution in [-0.2, 0) is 0 Å². The summed E-state index contributed by atoms with van der Waals surface area (Å²) in [4.78, 5) is 6.12. The Bertz CT molecular complexity index is 1020. The molecule has 0 unspecified atom stereocenters. The molecule has 3 heterocycles. The van der Waals surface area contributed by atoms with E-state index in [0.717, 1.165) is 37.6 Å². The van der Waals surface area contributed by atoms with E-state index in [9.17, 15) is 0 Å². The van der Waals surface area contributed by atoms with Gasteiger partial charge >= 0.3 is 0 Å². The molecule has 1 fully saturated rings. The summed E-state index contributed by atoms with van der Waals surface area (Å²) in [6, 6.07) is 27.6. The van der Waals surface area contributed by atoms with E-state index < -0.39 is 0 Å². The van der Waals surface area contributed by atoms with Gasteiger partial charge in [-0.1, -0.05) is 42.5 Å². The van der Waals surface area contributed by atoms with Crippen molar-refractivity contribution in [2.45, 2.75) is 0 Å². The van der Waals surface area contributed by atoms with E-state index in [4.69, 9.17) is 5.10 Å². The van der Waals surface area contributed by atoms with Crippen LogP contribution in [0.1, 0.15) is 0 Å². The first-order valence-corrected chi connectivity index (χ1v) is 10.5. The lowest BCUT2D eigenvalue weighted by Crippen LogP contribution is -2.47. The Hall–Kier alpha value is -3.05. The first kappa shape index (κ1) is 17.1. The molecule has 28 heavy (non-hydrogen) atoms. The fraction of sp³-hybridized carbons (Fsp3) is 0.174. The van der Waals surface area contributed by atoms with Gasteiger partial charge in [0.15, 0.2) is 0 Å². The molecule has 0 spiro atoms. The van der Waals surface area contributed by atoms with Crippen LogP contribution in [0, 0.1) is 0 Å². The van der Waals surface area contributed by atoms with Crippen molar-refractivity contribution in [2.24, 2.45) is 0 Å². The lowest BCUT2D eigenvalue weighted by molar-refractivity contribution is 0.637. The molecule has 5 heteroatoms. The minimum atomic E-state index is 0.983. The van der Waals surface area contributed by atoms with E-state index in [2.05, 4.69) is 92.7 Å². The van der Waals surface area contributed by atoms with Gasteiger partial charge in [0, 0.05) is 37.9 Å². The summed E-state index contributed by atoms with van der Waals surface area (Å²) in [7, 11) is 0. The van der Waals surface area contributed by atoms with Gasteiger partial charge in [-0.05, 0) is 35.7 Å². The standard InChI is InChI=1S/C23H22N4S/c1-3-8-19(9-4-1)25-13-15-26(16-14-25)23-18-21(22-12-7-17-28-22)24-27(23)20-10-5-2-6-11-20/h1-12,17-18H,13-16H2.